The van der Waals surface area contributed by atoms with E-state index in [0.29, 0.717) is 16.8 Å². The molecule has 0 aliphatic carbocycles. The maximum absolute atomic E-state index is 6.02. The van der Waals surface area contributed by atoms with Gasteiger partial charge >= 0.3 is 0 Å². The second-order valence-corrected chi connectivity index (χ2v) is 6.58. The van der Waals surface area contributed by atoms with Crippen LogP contribution < -0.4 is 5.73 Å². The lowest BCUT2D eigenvalue weighted by molar-refractivity contribution is -0.0265. The van der Waals surface area contributed by atoms with E-state index in [4.69, 9.17) is 22.1 Å². The number of benzene rings is 1. The van der Waals surface area contributed by atoms with Gasteiger partial charge in [-0.3, -0.25) is 4.90 Å². The Hall–Kier alpha value is -0.420. The van der Waals surface area contributed by atoms with Crippen LogP contribution in [0.2, 0.25) is 5.02 Å². The van der Waals surface area contributed by atoms with Crippen LogP contribution in [0.25, 0.3) is 0 Å². The highest BCUT2D eigenvalue weighted by atomic mass is 35.5. The van der Waals surface area contributed by atoms with Gasteiger partial charge in [-0.25, -0.2) is 0 Å². The van der Waals surface area contributed by atoms with Gasteiger partial charge in [0, 0.05) is 29.8 Å². The summed E-state index contributed by atoms with van der Waals surface area (Å²) in [5.41, 5.74) is 6.34. The summed E-state index contributed by atoms with van der Waals surface area (Å²) in [6.07, 6.45) is 0.289. The normalized spacial score (nSPS) is 20.9. The average molecular weight is 301 g/mol. The lowest BCUT2D eigenvalue weighted by Crippen LogP contribution is -2.46. The number of hydrogen-bond acceptors (Lipinski definition) is 4. The highest BCUT2D eigenvalue weighted by Gasteiger charge is 2.22. The fraction of sp³-hybridized carbons (Fsp3) is 0.571. The van der Waals surface area contributed by atoms with Crippen molar-refractivity contribution in [3.8, 4) is 0 Å². The molecule has 1 saturated heterocycles. The van der Waals surface area contributed by atoms with Crippen LogP contribution in [-0.2, 0) is 4.74 Å². The SMILES string of the molecule is CC(C)N1CCOC(CSc2ccc(N)c(Cl)c2)C1. The number of thioether (sulfide) groups is 1. The van der Waals surface area contributed by atoms with Crippen LogP contribution >= 0.6 is 23.4 Å². The molecule has 1 aliphatic rings. The summed E-state index contributed by atoms with van der Waals surface area (Å²) in [6.45, 7) is 7.33. The van der Waals surface area contributed by atoms with E-state index in [1.165, 1.54) is 0 Å². The molecule has 19 heavy (non-hydrogen) atoms. The number of hydrogen-bond donors (Lipinski definition) is 1. The van der Waals surface area contributed by atoms with Crippen molar-refractivity contribution >= 4 is 29.1 Å². The molecule has 0 radical (unpaired) electrons. The van der Waals surface area contributed by atoms with E-state index in [1.807, 2.05) is 18.2 Å². The summed E-state index contributed by atoms with van der Waals surface area (Å²) in [5, 5.41) is 0.623. The van der Waals surface area contributed by atoms with Gasteiger partial charge in [0.25, 0.3) is 0 Å². The Morgan fingerprint density at radius 3 is 3.00 bits per heavy atom. The fourth-order valence-corrected chi connectivity index (χ4v) is 3.29. The zero-order chi connectivity index (χ0) is 13.8. The number of nitrogen functional groups attached to an aromatic ring is 1. The van der Waals surface area contributed by atoms with Crippen LogP contribution in [0.15, 0.2) is 23.1 Å². The minimum Gasteiger partial charge on any atom is -0.398 e. The van der Waals surface area contributed by atoms with Gasteiger partial charge in [0.15, 0.2) is 0 Å². The minimum absolute atomic E-state index is 0.289. The summed E-state index contributed by atoms with van der Waals surface area (Å²) in [5.74, 6) is 0.948. The predicted molar refractivity (Wildman–Crippen MR) is 83.0 cm³/mol. The molecule has 106 valence electrons. The summed E-state index contributed by atoms with van der Waals surface area (Å²) in [7, 11) is 0. The van der Waals surface area contributed by atoms with Crippen molar-refractivity contribution in [1.82, 2.24) is 4.90 Å². The maximum Gasteiger partial charge on any atom is 0.0796 e. The smallest absolute Gasteiger partial charge is 0.0796 e. The van der Waals surface area contributed by atoms with Crippen LogP contribution in [0, 0.1) is 0 Å². The summed E-state index contributed by atoms with van der Waals surface area (Å²) < 4.78 is 5.81. The molecule has 1 aromatic carbocycles. The lowest BCUT2D eigenvalue weighted by atomic mass is 10.2. The van der Waals surface area contributed by atoms with Crippen molar-refractivity contribution in [2.24, 2.45) is 0 Å². The Morgan fingerprint density at radius 1 is 1.53 bits per heavy atom. The highest BCUT2D eigenvalue weighted by molar-refractivity contribution is 7.99. The summed E-state index contributed by atoms with van der Waals surface area (Å²) in [6, 6.07) is 6.37. The Bertz CT molecular complexity index is 428. The predicted octanol–water partition coefficient (Wildman–Crippen LogP) is 3.12. The first-order chi connectivity index (χ1) is 9.06. The molecule has 1 unspecified atom stereocenters. The molecule has 5 heteroatoms. The molecule has 0 aromatic heterocycles. The first-order valence-electron chi connectivity index (χ1n) is 6.59. The van der Waals surface area contributed by atoms with E-state index < -0.39 is 0 Å². The fourth-order valence-electron chi connectivity index (χ4n) is 2.10. The molecule has 1 aromatic rings. The van der Waals surface area contributed by atoms with Gasteiger partial charge in [0.2, 0.25) is 0 Å². The third kappa shape index (κ3) is 4.28. The van der Waals surface area contributed by atoms with E-state index in [2.05, 4.69) is 18.7 Å². The Labute approximate surface area is 124 Å². The van der Waals surface area contributed by atoms with Gasteiger partial charge < -0.3 is 10.5 Å². The molecule has 1 fully saturated rings. The number of morpholine rings is 1. The quantitative estimate of drug-likeness (QED) is 0.685. The van der Waals surface area contributed by atoms with Gasteiger partial charge in [-0.2, -0.15) is 0 Å². The number of anilines is 1. The zero-order valence-corrected chi connectivity index (χ0v) is 13.0. The molecule has 2 N–H and O–H groups in total. The second kappa shape index (κ2) is 6.84. The van der Waals surface area contributed by atoms with E-state index >= 15 is 0 Å². The van der Waals surface area contributed by atoms with Crippen LogP contribution in [0.5, 0.6) is 0 Å². The lowest BCUT2D eigenvalue weighted by Gasteiger charge is -2.35. The van der Waals surface area contributed by atoms with Crippen LogP contribution in [0.1, 0.15) is 13.8 Å². The molecule has 3 nitrogen and oxygen atoms in total. The first kappa shape index (κ1) is 15.0. The topological polar surface area (TPSA) is 38.5 Å². The minimum atomic E-state index is 0.289. The molecular weight excluding hydrogens is 280 g/mol. The Kier molecular flexibility index (Phi) is 5.39. The highest BCUT2D eigenvalue weighted by Crippen LogP contribution is 2.27. The number of rotatable bonds is 4. The van der Waals surface area contributed by atoms with Crippen LogP contribution in [0.3, 0.4) is 0 Å². The molecule has 0 spiro atoms. The molecular formula is C14H21ClN2OS. The first-order valence-corrected chi connectivity index (χ1v) is 7.96. The van der Waals surface area contributed by atoms with Crippen LogP contribution in [0.4, 0.5) is 5.69 Å². The molecule has 2 rings (SSSR count). The van der Waals surface area contributed by atoms with Crippen molar-refractivity contribution in [3.05, 3.63) is 23.2 Å². The average Bonchev–Trinajstić information content (AvgIpc) is 2.40. The van der Waals surface area contributed by atoms with E-state index in [9.17, 15) is 0 Å². The molecule has 1 aliphatic heterocycles. The summed E-state index contributed by atoms with van der Waals surface area (Å²) >= 11 is 7.79. The van der Waals surface area contributed by atoms with Gasteiger partial charge in [-0.15, -0.1) is 11.8 Å². The molecule has 1 heterocycles. The largest absolute Gasteiger partial charge is 0.398 e. The standard InChI is InChI=1S/C14H21ClN2OS/c1-10(2)17-5-6-18-11(8-17)9-19-12-3-4-14(16)13(15)7-12/h3-4,7,10-11H,5-6,8-9,16H2,1-2H3. The summed E-state index contributed by atoms with van der Waals surface area (Å²) in [4.78, 5) is 3.61. The molecule has 0 saturated carbocycles. The number of nitrogens with zero attached hydrogens (tertiary/aromatic N) is 1. The van der Waals surface area contributed by atoms with Crippen LogP contribution in [-0.4, -0.2) is 42.5 Å². The van der Waals surface area contributed by atoms with Crippen molar-refractivity contribution in [3.63, 3.8) is 0 Å². The van der Waals surface area contributed by atoms with E-state index in [0.717, 1.165) is 30.3 Å². The van der Waals surface area contributed by atoms with Crippen molar-refractivity contribution < 1.29 is 4.74 Å². The van der Waals surface area contributed by atoms with E-state index in [1.54, 1.807) is 11.8 Å². The molecule has 0 amide bonds. The number of ether oxygens (including phenoxy) is 1. The molecule has 1 atom stereocenters. The second-order valence-electron chi connectivity index (χ2n) is 5.08. The van der Waals surface area contributed by atoms with Gasteiger partial charge in [0.05, 0.1) is 23.4 Å². The van der Waals surface area contributed by atoms with Gasteiger partial charge in [-0.05, 0) is 32.0 Å². The molecule has 0 bridgehead atoms. The monoisotopic (exact) mass is 300 g/mol. The Morgan fingerprint density at radius 2 is 2.32 bits per heavy atom. The van der Waals surface area contributed by atoms with Crippen molar-refractivity contribution in [2.75, 3.05) is 31.2 Å². The number of nitrogens with two attached hydrogens (primary N) is 1. The van der Waals surface area contributed by atoms with E-state index in [-0.39, 0.29) is 6.10 Å². The third-order valence-electron chi connectivity index (χ3n) is 3.31. The van der Waals surface area contributed by atoms with Gasteiger partial charge in [-0.1, -0.05) is 11.6 Å². The van der Waals surface area contributed by atoms with Crippen molar-refractivity contribution in [2.45, 2.75) is 30.9 Å². The third-order valence-corrected chi connectivity index (χ3v) is 4.76. The van der Waals surface area contributed by atoms with Crippen molar-refractivity contribution in [1.29, 1.82) is 0 Å². The Balaban J connectivity index is 1.86. The van der Waals surface area contributed by atoms with Gasteiger partial charge in [0.1, 0.15) is 0 Å². The number of halogens is 1. The maximum atomic E-state index is 6.02. The zero-order valence-electron chi connectivity index (χ0n) is 11.4.